The van der Waals surface area contributed by atoms with Gasteiger partial charge in [0.25, 0.3) is 0 Å². The first-order valence-corrected chi connectivity index (χ1v) is 10.3. The molecule has 138 valence electrons. The van der Waals surface area contributed by atoms with Crippen molar-refractivity contribution < 1.29 is 4.79 Å². The van der Waals surface area contributed by atoms with E-state index in [0.29, 0.717) is 5.75 Å². The third-order valence-corrected chi connectivity index (χ3v) is 5.58. The zero-order valence-electron chi connectivity index (χ0n) is 15.3. The highest BCUT2D eigenvalue weighted by Gasteiger charge is 2.12. The lowest BCUT2D eigenvalue weighted by molar-refractivity contribution is -0.118. The van der Waals surface area contributed by atoms with Crippen molar-refractivity contribution in [3.63, 3.8) is 0 Å². The summed E-state index contributed by atoms with van der Waals surface area (Å²) in [4.78, 5) is 12.1. The van der Waals surface area contributed by atoms with Crippen molar-refractivity contribution in [2.24, 2.45) is 0 Å². The third kappa shape index (κ3) is 4.97. The van der Waals surface area contributed by atoms with Gasteiger partial charge in [-0.1, -0.05) is 48.5 Å². The number of rotatable bonds is 8. The fourth-order valence-electron chi connectivity index (χ4n) is 3.21. The number of carbonyl (C=O) groups is 1. The molecule has 0 atom stereocenters. The summed E-state index contributed by atoms with van der Waals surface area (Å²) in [5, 5.41) is 12.0. The van der Waals surface area contributed by atoms with Crippen molar-refractivity contribution in [1.82, 2.24) is 20.1 Å². The van der Waals surface area contributed by atoms with Crippen LogP contribution in [0.4, 0.5) is 0 Å². The molecular formula is C20H26N4OS. The Morgan fingerprint density at radius 3 is 3.00 bits per heavy atom. The van der Waals surface area contributed by atoms with Crippen LogP contribution in [0.3, 0.4) is 0 Å². The maximum Gasteiger partial charge on any atom is 0.230 e. The first-order chi connectivity index (χ1) is 12.8. The number of amides is 1. The molecule has 0 saturated heterocycles. The number of carbonyl (C=O) groups excluding carboxylic acids is 1. The summed E-state index contributed by atoms with van der Waals surface area (Å²) in [5.41, 5.74) is 3.80. The Hall–Kier alpha value is -2.08. The number of nitrogens with one attached hydrogen (secondary N) is 1. The van der Waals surface area contributed by atoms with E-state index in [-0.39, 0.29) is 5.91 Å². The van der Waals surface area contributed by atoms with E-state index in [9.17, 15) is 4.79 Å². The summed E-state index contributed by atoms with van der Waals surface area (Å²) >= 11 is 1.42. The van der Waals surface area contributed by atoms with Gasteiger partial charge in [-0.25, -0.2) is 0 Å². The Morgan fingerprint density at radius 2 is 2.19 bits per heavy atom. The molecule has 1 aromatic heterocycles. The Kier molecular flexibility index (Phi) is 6.89. The van der Waals surface area contributed by atoms with Crippen LogP contribution >= 0.6 is 11.8 Å². The van der Waals surface area contributed by atoms with Gasteiger partial charge in [-0.15, -0.1) is 10.2 Å². The predicted octanol–water partition coefficient (Wildman–Crippen LogP) is 3.93. The third-order valence-electron chi connectivity index (χ3n) is 4.63. The lowest BCUT2D eigenvalue weighted by atomic mass is 9.97. The molecule has 6 heteroatoms. The molecule has 1 N–H and O–H groups in total. The van der Waals surface area contributed by atoms with Crippen molar-refractivity contribution in [3.05, 3.63) is 47.8 Å². The lowest BCUT2D eigenvalue weighted by Gasteiger charge is -2.13. The number of hydrogen-bond donors (Lipinski definition) is 1. The first kappa shape index (κ1) is 18.7. The normalized spacial score (nSPS) is 14.1. The molecule has 0 unspecified atom stereocenters. The van der Waals surface area contributed by atoms with E-state index in [0.717, 1.165) is 30.2 Å². The Balaban J connectivity index is 1.51. The minimum Gasteiger partial charge on any atom is -0.355 e. The standard InChI is InChI=1S/C20H26N4OS/c1-2-17-10-6-7-11-18(17)24-15-22-23-20(24)26-14-19(25)21-13-12-16-8-4-3-5-9-16/h6-8,10-11,15H,2-5,9,12-14H2,1H3,(H,21,25). The van der Waals surface area contributed by atoms with Gasteiger partial charge in [0.05, 0.1) is 11.4 Å². The molecule has 1 heterocycles. The van der Waals surface area contributed by atoms with Gasteiger partial charge in [-0.05, 0) is 50.2 Å². The topological polar surface area (TPSA) is 59.8 Å². The lowest BCUT2D eigenvalue weighted by Crippen LogP contribution is -2.26. The summed E-state index contributed by atoms with van der Waals surface area (Å²) < 4.78 is 1.96. The van der Waals surface area contributed by atoms with Crippen LogP contribution in [0.2, 0.25) is 0 Å². The largest absolute Gasteiger partial charge is 0.355 e. The number of hydrogen-bond acceptors (Lipinski definition) is 4. The van der Waals surface area contributed by atoms with Crippen LogP contribution in [0.25, 0.3) is 5.69 Å². The van der Waals surface area contributed by atoms with Crippen LogP contribution in [-0.2, 0) is 11.2 Å². The highest BCUT2D eigenvalue weighted by atomic mass is 32.2. The van der Waals surface area contributed by atoms with Crippen molar-refractivity contribution in [1.29, 1.82) is 0 Å². The van der Waals surface area contributed by atoms with E-state index in [2.05, 4.69) is 40.6 Å². The molecule has 5 nitrogen and oxygen atoms in total. The average molecular weight is 371 g/mol. The SMILES string of the molecule is CCc1ccccc1-n1cnnc1SCC(=O)NCCC1=CCCCC1. The zero-order chi connectivity index (χ0) is 18.2. The highest BCUT2D eigenvalue weighted by Crippen LogP contribution is 2.22. The molecule has 0 saturated carbocycles. The molecule has 1 aliphatic rings. The molecule has 1 aliphatic carbocycles. The second-order valence-electron chi connectivity index (χ2n) is 6.46. The van der Waals surface area contributed by atoms with Crippen LogP contribution in [0, 0.1) is 0 Å². The van der Waals surface area contributed by atoms with Crippen LogP contribution in [-0.4, -0.2) is 33.0 Å². The van der Waals surface area contributed by atoms with Gasteiger partial charge in [0.2, 0.25) is 5.91 Å². The fourth-order valence-corrected chi connectivity index (χ4v) is 3.96. The quantitative estimate of drug-likeness (QED) is 0.565. The van der Waals surface area contributed by atoms with Crippen molar-refractivity contribution in [2.45, 2.75) is 50.6 Å². The van der Waals surface area contributed by atoms with E-state index in [1.807, 2.05) is 16.7 Å². The number of nitrogens with zero attached hydrogens (tertiary/aromatic N) is 3. The molecule has 1 aromatic carbocycles. The number of para-hydroxylation sites is 1. The number of allylic oxidation sites excluding steroid dienone is 1. The van der Waals surface area contributed by atoms with E-state index >= 15 is 0 Å². The maximum atomic E-state index is 12.1. The monoisotopic (exact) mass is 370 g/mol. The van der Waals surface area contributed by atoms with Gasteiger partial charge in [0.15, 0.2) is 5.16 Å². The molecule has 26 heavy (non-hydrogen) atoms. The number of aromatic nitrogens is 3. The summed E-state index contributed by atoms with van der Waals surface area (Å²) in [6.45, 7) is 2.85. The molecule has 3 rings (SSSR count). The zero-order valence-corrected chi connectivity index (χ0v) is 16.1. The van der Waals surface area contributed by atoms with Crippen molar-refractivity contribution in [2.75, 3.05) is 12.3 Å². The first-order valence-electron chi connectivity index (χ1n) is 9.33. The Bertz CT molecular complexity index is 769. The van der Waals surface area contributed by atoms with Gasteiger partial charge in [0.1, 0.15) is 6.33 Å². The van der Waals surface area contributed by atoms with Gasteiger partial charge < -0.3 is 5.32 Å². The highest BCUT2D eigenvalue weighted by molar-refractivity contribution is 7.99. The van der Waals surface area contributed by atoms with Gasteiger partial charge in [0, 0.05) is 6.54 Å². The molecule has 1 amide bonds. The minimum atomic E-state index is 0.0461. The maximum absolute atomic E-state index is 12.1. The Morgan fingerprint density at radius 1 is 1.31 bits per heavy atom. The molecular weight excluding hydrogens is 344 g/mol. The second kappa shape index (κ2) is 9.57. The predicted molar refractivity (Wildman–Crippen MR) is 106 cm³/mol. The van der Waals surface area contributed by atoms with Crippen LogP contribution in [0.1, 0.15) is 44.6 Å². The van der Waals surface area contributed by atoms with E-state index in [1.54, 1.807) is 6.33 Å². The minimum absolute atomic E-state index is 0.0461. The van der Waals surface area contributed by atoms with E-state index < -0.39 is 0 Å². The van der Waals surface area contributed by atoms with Crippen LogP contribution in [0.5, 0.6) is 0 Å². The average Bonchev–Trinajstić information content (AvgIpc) is 3.15. The molecule has 0 radical (unpaired) electrons. The molecule has 2 aromatic rings. The van der Waals surface area contributed by atoms with Gasteiger partial charge in [-0.2, -0.15) is 0 Å². The second-order valence-corrected chi connectivity index (χ2v) is 7.41. The number of aryl methyl sites for hydroxylation is 1. The van der Waals surface area contributed by atoms with Crippen molar-refractivity contribution >= 4 is 17.7 Å². The smallest absolute Gasteiger partial charge is 0.230 e. The van der Waals surface area contributed by atoms with Gasteiger partial charge in [-0.3, -0.25) is 9.36 Å². The molecule has 0 bridgehead atoms. The van der Waals surface area contributed by atoms with Crippen molar-refractivity contribution in [3.8, 4) is 5.69 Å². The summed E-state index contributed by atoms with van der Waals surface area (Å²) in [6, 6.07) is 8.21. The summed E-state index contributed by atoms with van der Waals surface area (Å²) in [7, 11) is 0. The fraction of sp³-hybridized carbons (Fsp3) is 0.450. The molecule has 0 fully saturated rings. The van der Waals surface area contributed by atoms with E-state index in [4.69, 9.17) is 0 Å². The number of thioether (sulfide) groups is 1. The number of benzene rings is 1. The molecule has 0 spiro atoms. The summed E-state index contributed by atoms with van der Waals surface area (Å²) in [6.07, 6.45) is 10.9. The Labute approximate surface area is 159 Å². The van der Waals surface area contributed by atoms with Crippen LogP contribution < -0.4 is 5.32 Å². The van der Waals surface area contributed by atoms with Gasteiger partial charge >= 0.3 is 0 Å². The van der Waals surface area contributed by atoms with Crippen LogP contribution in [0.15, 0.2) is 47.4 Å². The molecule has 0 aliphatic heterocycles. The summed E-state index contributed by atoms with van der Waals surface area (Å²) in [5.74, 6) is 0.399. The van der Waals surface area contributed by atoms with E-state index in [1.165, 1.54) is 48.6 Å².